The standard InChI is InChI=1S/C16H19ClNO3.Y/c1-11-4-7-15(18(2)16(11)19)13-6-5-12(10-14(13)17)21-9-8-20-3;/h5-6,10-11H,4,8-9H2,1-3H3;/q-1;. The van der Waals surface area contributed by atoms with Gasteiger partial charge in [-0.25, -0.2) is 6.08 Å². The molecule has 2 rings (SSSR count). The van der Waals surface area contributed by atoms with Gasteiger partial charge in [0.15, 0.2) is 0 Å². The van der Waals surface area contributed by atoms with Crippen molar-refractivity contribution >= 4 is 23.2 Å². The second kappa shape index (κ2) is 9.02. The number of amides is 1. The molecular weight excluding hydrogens is 379 g/mol. The first-order valence-electron chi connectivity index (χ1n) is 6.84. The Hall–Kier alpha value is -0.416. The van der Waals surface area contributed by atoms with Gasteiger partial charge in [0.2, 0.25) is 5.91 Å². The van der Waals surface area contributed by atoms with Crippen molar-refractivity contribution in [2.75, 3.05) is 27.4 Å². The van der Waals surface area contributed by atoms with E-state index in [4.69, 9.17) is 21.1 Å². The molecule has 1 atom stereocenters. The van der Waals surface area contributed by atoms with E-state index in [9.17, 15) is 4.79 Å². The molecule has 0 aliphatic carbocycles. The molecule has 0 saturated carbocycles. The Labute approximate surface area is 161 Å². The first-order chi connectivity index (χ1) is 10.0. The summed E-state index contributed by atoms with van der Waals surface area (Å²) in [5.41, 5.74) is 1.52. The maximum atomic E-state index is 12.0. The van der Waals surface area contributed by atoms with Gasteiger partial charge in [-0.2, -0.15) is 0 Å². The fraction of sp³-hybridized carbons (Fsp3) is 0.438. The first-order valence-corrected chi connectivity index (χ1v) is 7.22. The Morgan fingerprint density at radius 3 is 2.77 bits per heavy atom. The van der Waals surface area contributed by atoms with Gasteiger partial charge in [-0.05, 0) is 17.2 Å². The predicted octanol–water partition coefficient (Wildman–Crippen LogP) is 3.00. The van der Waals surface area contributed by atoms with Gasteiger partial charge in [-0.1, -0.05) is 13.3 Å². The van der Waals surface area contributed by atoms with Gasteiger partial charge in [0.25, 0.3) is 0 Å². The molecular formula is C16H19ClNO3Y-. The smallest absolute Gasteiger partial charge is 0.225 e. The van der Waals surface area contributed by atoms with E-state index < -0.39 is 0 Å². The van der Waals surface area contributed by atoms with Crippen molar-refractivity contribution in [3.05, 3.63) is 34.9 Å². The number of carbonyl (C=O) groups excluding carboxylic acids is 1. The number of allylic oxidation sites excluding steroid dienone is 1. The monoisotopic (exact) mass is 397 g/mol. The Bertz CT molecular complexity index is 562. The van der Waals surface area contributed by atoms with Crippen molar-refractivity contribution in [1.82, 2.24) is 4.90 Å². The Kier molecular flexibility index (Phi) is 8.05. The van der Waals surface area contributed by atoms with Crippen LogP contribution in [0.4, 0.5) is 0 Å². The van der Waals surface area contributed by atoms with Crippen molar-refractivity contribution < 1.29 is 47.0 Å². The molecule has 117 valence electrons. The van der Waals surface area contributed by atoms with Crippen molar-refractivity contribution in [3.8, 4) is 5.75 Å². The minimum Gasteiger partial charge on any atom is -0.491 e. The van der Waals surface area contributed by atoms with Gasteiger partial charge in [0, 0.05) is 52.8 Å². The number of hydrogen-bond acceptors (Lipinski definition) is 3. The van der Waals surface area contributed by atoms with Crippen LogP contribution in [-0.2, 0) is 42.2 Å². The van der Waals surface area contributed by atoms with Gasteiger partial charge in [0.1, 0.15) is 12.4 Å². The summed E-state index contributed by atoms with van der Waals surface area (Å²) in [6.07, 6.45) is 3.87. The van der Waals surface area contributed by atoms with Crippen LogP contribution in [0.1, 0.15) is 18.9 Å². The van der Waals surface area contributed by atoms with E-state index in [1.165, 1.54) is 0 Å². The number of benzene rings is 1. The van der Waals surface area contributed by atoms with Crippen molar-refractivity contribution in [1.29, 1.82) is 0 Å². The number of methoxy groups -OCH3 is 1. The number of hydrogen-bond donors (Lipinski definition) is 0. The van der Waals surface area contributed by atoms with Gasteiger partial charge in [-0.15, -0.1) is 28.9 Å². The maximum absolute atomic E-state index is 12.0. The van der Waals surface area contributed by atoms with Crippen LogP contribution in [0.5, 0.6) is 5.75 Å². The maximum Gasteiger partial charge on any atom is 0.225 e. The predicted molar refractivity (Wildman–Crippen MR) is 82.0 cm³/mol. The summed E-state index contributed by atoms with van der Waals surface area (Å²) in [5, 5.41) is 0.543. The zero-order valence-corrected chi connectivity index (χ0v) is 16.7. The molecule has 1 aliphatic rings. The molecule has 6 heteroatoms. The van der Waals surface area contributed by atoms with Gasteiger partial charge in [-0.3, -0.25) is 4.79 Å². The Morgan fingerprint density at radius 2 is 2.14 bits per heavy atom. The van der Waals surface area contributed by atoms with Crippen LogP contribution in [0.25, 0.3) is 5.70 Å². The van der Waals surface area contributed by atoms with Crippen molar-refractivity contribution in [2.24, 2.45) is 5.92 Å². The molecule has 1 aromatic carbocycles. The SMILES string of the molecule is COCCOc1ccc(C2=[C-]CC(C)C(=O)N2C)c(Cl)c1.[Y]. The van der Waals surface area contributed by atoms with E-state index in [1.54, 1.807) is 25.1 Å². The van der Waals surface area contributed by atoms with Crippen LogP contribution in [0.3, 0.4) is 0 Å². The average Bonchev–Trinajstić information content (AvgIpc) is 2.46. The summed E-state index contributed by atoms with van der Waals surface area (Å²) in [6, 6.07) is 5.44. The van der Waals surface area contributed by atoms with Crippen molar-refractivity contribution in [2.45, 2.75) is 13.3 Å². The van der Waals surface area contributed by atoms with Crippen LogP contribution in [0.2, 0.25) is 5.02 Å². The number of ether oxygens (including phenoxy) is 2. The summed E-state index contributed by atoms with van der Waals surface area (Å²) in [4.78, 5) is 13.7. The number of nitrogens with zero attached hydrogens (tertiary/aromatic N) is 1. The van der Waals surface area contributed by atoms with Gasteiger partial charge in [0.05, 0.1) is 6.61 Å². The first kappa shape index (κ1) is 19.6. The minimum atomic E-state index is -0.0332. The van der Waals surface area contributed by atoms with E-state index in [0.29, 0.717) is 30.4 Å². The molecule has 0 N–H and O–H groups in total. The fourth-order valence-corrected chi connectivity index (χ4v) is 2.45. The summed E-state index contributed by atoms with van der Waals surface area (Å²) < 4.78 is 10.4. The van der Waals surface area contributed by atoms with Crippen LogP contribution in [-0.4, -0.2) is 38.2 Å². The average molecular weight is 398 g/mol. The Balaban J connectivity index is 0.00000242. The van der Waals surface area contributed by atoms with E-state index in [-0.39, 0.29) is 44.5 Å². The zero-order chi connectivity index (χ0) is 15.4. The second-order valence-corrected chi connectivity index (χ2v) is 5.42. The van der Waals surface area contributed by atoms with Crippen LogP contribution < -0.4 is 4.74 Å². The fourth-order valence-electron chi connectivity index (χ4n) is 2.19. The zero-order valence-electron chi connectivity index (χ0n) is 13.1. The quantitative estimate of drug-likeness (QED) is 0.566. The second-order valence-electron chi connectivity index (χ2n) is 5.01. The third-order valence-corrected chi connectivity index (χ3v) is 3.73. The molecule has 22 heavy (non-hydrogen) atoms. The molecule has 0 bridgehead atoms. The van der Waals surface area contributed by atoms with Crippen LogP contribution in [0.15, 0.2) is 18.2 Å². The third-order valence-electron chi connectivity index (χ3n) is 3.42. The van der Waals surface area contributed by atoms with E-state index in [1.807, 2.05) is 19.1 Å². The van der Waals surface area contributed by atoms with Gasteiger partial charge < -0.3 is 14.4 Å². The van der Waals surface area contributed by atoms with E-state index in [0.717, 1.165) is 11.3 Å². The molecule has 0 fully saturated rings. The summed E-state index contributed by atoms with van der Waals surface area (Å²) in [5.74, 6) is 0.731. The number of rotatable bonds is 5. The third kappa shape index (κ3) is 4.54. The summed E-state index contributed by atoms with van der Waals surface area (Å²) in [6.45, 7) is 2.89. The largest absolute Gasteiger partial charge is 0.491 e. The molecule has 0 saturated heterocycles. The molecule has 4 nitrogen and oxygen atoms in total. The molecule has 0 spiro atoms. The van der Waals surface area contributed by atoms with Crippen LogP contribution in [0, 0.1) is 12.0 Å². The number of carbonyl (C=O) groups is 1. The molecule has 1 amide bonds. The van der Waals surface area contributed by atoms with Gasteiger partial charge >= 0.3 is 0 Å². The molecule has 0 aromatic heterocycles. The van der Waals surface area contributed by atoms with E-state index in [2.05, 4.69) is 6.08 Å². The molecule has 1 unspecified atom stereocenters. The van der Waals surface area contributed by atoms with E-state index >= 15 is 0 Å². The Morgan fingerprint density at radius 1 is 1.41 bits per heavy atom. The molecule has 1 radical (unpaired) electrons. The summed E-state index contributed by atoms with van der Waals surface area (Å²) in [7, 11) is 3.37. The minimum absolute atomic E-state index is 0. The van der Waals surface area contributed by atoms with Crippen molar-refractivity contribution in [3.63, 3.8) is 0 Å². The topological polar surface area (TPSA) is 38.8 Å². The van der Waals surface area contributed by atoms with Crippen LogP contribution >= 0.6 is 11.6 Å². The summed E-state index contributed by atoms with van der Waals surface area (Å²) >= 11 is 6.31. The normalized spacial score (nSPS) is 17.8. The molecule has 1 aromatic rings. The number of halogens is 1. The molecule has 1 aliphatic heterocycles. The molecule has 1 heterocycles.